The molecule has 0 radical (unpaired) electrons. The van der Waals surface area contributed by atoms with E-state index in [2.05, 4.69) is 0 Å². The van der Waals surface area contributed by atoms with E-state index < -0.39 is 0 Å². The van der Waals surface area contributed by atoms with Crippen molar-refractivity contribution in [2.24, 2.45) is 5.84 Å². The fourth-order valence-electron chi connectivity index (χ4n) is 1.12. The number of hydrogen-bond donors (Lipinski definition) is 1. The summed E-state index contributed by atoms with van der Waals surface area (Å²) >= 11 is 0. The van der Waals surface area contributed by atoms with Crippen LogP contribution >= 0.6 is 0 Å². The van der Waals surface area contributed by atoms with Crippen LogP contribution in [0.5, 0.6) is 0 Å². The van der Waals surface area contributed by atoms with E-state index in [1.54, 1.807) is 12.1 Å². The number of aryl methyl sites for hydroxylation is 1. The van der Waals surface area contributed by atoms with Crippen molar-refractivity contribution in [2.45, 2.75) is 12.8 Å². The first-order valence-electron chi connectivity index (χ1n) is 4.35. The van der Waals surface area contributed by atoms with Crippen molar-refractivity contribution in [1.82, 2.24) is 5.01 Å². The van der Waals surface area contributed by atoms with E-state index in [1.807, 2.05) is 0 Å². The van der Waals surface area contributed by atoms with E-state index in [4.69, 9.17) is 5.84 Å². The molecule has 1 aromatic carbocycles. The standard InChI is InChI=1S/C10H13FN2O/c1-13(12)10(14)6-5-8-3-2-4-9(11)7-8/h2-4,7H,5-6,12H2,1H3. The topological polar surface area (TPSA) is 46.3 Å². The molecule has 14 heavy (non-hydrogen) atoms. The average molecular weight is 196 g/mol. The zero-order valence-corrected chi connectivity index (χ0v) is 8.03. The van der Waals surface area contributed by atoms with Crippen molar-refractivity contribution in [1.29, 1.82) is 0 Å². The van der Waals surface area contributed by atoms with Crippen LogP contribution in [0.25, 0.3) is 0 Å². The number of carbonyl (C=O) groups excluding carboxylic acids is 1. The first-order chi connectivity index (χ1) is 6.59. The molecule has 0 heterocycles. The lowest BCUT2D eigenvalue weighted by molar-refractivity contribution is -0.130. The molecule has 0 saturated carbocycles. The lowest BCUT2D eigenvalue weighted by Gasteiger charge is -2.09. The van der Waals surface area contributed by atoms with Crippen molar-refractivity contribution in [3.63, 3.8) is 0 Å². The molecule has 0 aliphatic heterocycles. The molecule has 4 heteroatoms. The van der Waals surface area contributed by atoms with Gasteiger partial charge in [-0.2, -0.15) is 0 Å². The summed E-state index contributed by atoms with van der Waals surface area (Å²) in [6, 6.07) is 6.21. The van der Waals surface area contributed by atoms with E-state index >= 15 is 0 Å². The molecule has 0 unspecified atom stereocenters. The Bertz CT molecular complexity index is 326. The van der Waals surface area contributed by atoms with Crippen molar-refractivity contribution >= 4 is 5.91 Å². The number of nitrogens with zero attached hydrogens (tertiary/aromatic N) is 1. The van der Waals surface area contributed by atoms with Gasteiger partial charge >= 0.3 is 0 Å². The summed E-state index contributed by atoms with van der Waals surface area (Å²) in [5.41, 5.74) is 0.806. The van der Waals surface area contributed by atoms with Crippen LogP contribution < -0.4 is 5.84 Å². The van der Waals surface area contributed by atoms with Gasteiger partial charge in [0.15, 0.2) is 0 Å². The highest BCUT2D eigenvalue weighted by Crippen LogP contribution is 2.06. The molecule has 0 aliphatic carbocycles. The number of hydrazine groups is 1. The normalized spacial score (nSPS) is 9.93. The number of benzene rings is 1. The maximum atomic E-state index is 12.7. The minimum atomic E-state index is -0.281. The second-order valence-corrected chi connectivity index (χ2v) is 3.13. The SMILES string of the molecule is CN(N)C(=O)CCc1cccc(F)c1. The van der Waals surface area contributed by atoms with Gasteiger partial charge in [0, 0.05) is 13.5 Å². The van der Waals surface area contributed by atoms with Gasteiger partial charge in [-0.1, -0.05) is 12.1 Å². The molecular formula is C10H13FN2O. The quantitative estimate of drug-likeness (QED) is 0.447. The van der Waals surface area contributed by atoms with E-state index in [0.29, 0.717) is 12.8 Å². The van der Waals surface area contributed by atoms with Crippen LogP contribution in [-0.2, 0) is 11.2 Å². The molecule has 3 nitrogen and oxygen atoms in total. The first-order valence-corrected chi connectivity index (χ1v) is 4.35. The molecule has 0 atom stereocenters. The zero-order chi connectivity index (χ0) is 10.6. The predicted molar refractivity (Wildman–Crippen MR) is 51.7 cm³/mol. The van der Waals surface area contributed by atoms with Crippen LogP contribution in [0.4, 0.5) is 4.39 Å². The Morgan fingerprint density at radius 3 is 2.86 bits per heavy atom. The predicted octanol–water partition coefficient (Wildman–Crippen LogP) is 1.09. The molecular weight excluding hydrogens is 183 g/mol. The minimum Gasteiger partial charge on any atom is -0.284 e. The van der Waals surface area contributed by atoms with E-state index in [1.165, 1.54) is 19.2 Å². The van der Waals surface area contributed by atoms with Gasteiger partial charge in [-0.15, -0.1) is 0 Å². The molecule has 0 bridgehead atoms. The largest absolute Gasteiger partial charge is 0.284 e. The van der Waals surface area contributed by atoms with Crippen LogP contribution in [-0.4, -0.2) is 18.0 Å². The smallest absolute Gasteiger partial charge is 0.236 e. The van der Waals surface area contributed by atoms with Crippen molar-refractivity contribution < 1.29 is 9.18 Å². The number of carbonyl (C=O) groups is 1. The van der Waals surface area contributed by atoms with Crippen LogP contribution in [0, 0.1) is 5.82 Å². The number of nitrogens with two attached hydrogens (primary N) is 1. The number of amides is 1. The van der Waals surface area contributed by atoms with Gasteiger partial charge in [0.2, 0.25) is 5.91 Å². The monoisotopic (exact) mass is 196 g/mol. The van der Waals surface area contributed by atoms with Crippen LogP contribution in [0.3, 0.4) is 0 Å². The summed E-state index contributed by atoms with van der Waals surface area (Å²) in [5.74, 6) is 4.80. The maximum Gasteiger partial charge on any atom is 0.236 e. The molecule has 0 fully saturated rings. The molecule has 2 N–H and O–H groups in total. The zero-order valence-electron chi connectivity index (χ0n) is 8.03. The van der Waals surface area contributed by atoms with Crippen LogP contribution in [0.2, 0.25) is 0 Å². The third kappa shape index (κ3) is 3.14. The average Bonchev–Trinajstić information content (AvgIpc) is 2.14. The summed E-state index contributed by atoms with van der Waals surface area (Å²) in [5, 5.41) is 1.04. The van der Waals surface area contributed by atoms with Crippen molar-refractivity contribution in [2.75, 3.05) is 7.05 Å². The fraction of sp³-hybridized carbons (Fsp3) is 0.300. The van der Waals surface area contributed by atoms with Gasteiger partial charge in [0.05, 0.1) is 0 Å². The number of rotatable bonds is 3. The fourth-order valence-corrected chi connectivity index (χ4v) is 1.12. The summed E-state index contributed by atoms with van der Waals surface area (Å²) < 4.78 is 12.7. The number of halogens is 1. The Balaban J connectivity index is 2.50. The Morgan fingerprint density at radius 2 is 2.29 bits per heavy atom. The summed E-state index contributed by atoms with van der Waals surface area (Å²) in [7, 11) is 1.49. The molecule has 0 aromatic heterocycles. The second kappa shape index (κ2) is 4.72. The molecule has 76 valence electrons. The van der Waals surface area contributed by atoms with Gasteiger partial charge in [0.25, 0.3) is 0 Å². The lowest BCUT2D eigenvalue weighted by Crippen LogP contribution is -2.33. The summed E-state index contributed by atoms with van der Waals surface area (Å²) in [4.78, 5) is 11.1. The molecule has 1 aromatic rings. The van der Waals surface area contributed by atoms with Gasteiger partial charge in [-0.05, 0) is 24.1 Å². The highest BCUT2D eigenvalue weighted by molar-refractivity contribution is 5.75. The Morgan fingerprint density at radius 1 is 1.57 bits per heavy atom. The van der Waals surface area contributed by atoms with Crippen molar-refractivity contribution in [3.05, 3.63) is 35.6 Å². The molecule has 0 saturated heterocycles. The Labute approximate surface area is 82.3 Å². The number of hydrogen-bond acceptors (Lipinski definition) is 2. The molecule has 0 spiro atoms. The third-order valence-corrected chi connectivity index (χ3v) is 1.91. The molecule has 1 amide bonds. The highest BCUT2D eigenvalue weighted by atomic mass is 19.1. The second-order valence-electron chi connectivity index (χ2n) is 3.13. The lowest BCUT2D eigenvalue weighted by atomic mass is 10.1. The molecule has 1 rings (SSSR count). The van der Waals surface area contributed by atoms with Gasteiger partial charge < -0.3 is 0 Å². The minimum absolute atomic E-state index is 0.158. The van der Waals surface area contributed by atoms with Gasteiger partial charge in [0.1, 0.15) is 5.82 Å². The van der Waals surface area contributed by atoms with E-state index in [0.717, 1.165) is 10.6 Å². The Hall–Kier alpha value is -1.42. The third-order valence-electron chi connectivity index (χ3n) is 1.91. The highest BCUT2D eigenvalue weighted by Gasteiger charge is 2.04. The first kappa shape index (κ1) is 10.7. The van der Waals surface area contributed by atoms with Gasteiger partial charge in [-0.3, -0.25) is 9.80 Å². The van der Waals surface area contributed by atoms with E-state index in [-0.39, 0.29) is 11.7 Å². The summed E-state index contributed by atoms with van der Waals surface area (Å²) in [6.45, 7) is 0. The van der Waals surface area contributed by atoms with Gasteiger partial charge in [-0.25, -0.2) is 10.2 Å². The van der Waals surface area contributed by atoms with Crippen LogP contribution in [0.15, 0.2) is 24.3 Å². The summed E-state index contributed by atoms with van der Waals surface area (Å²) in [6.07, 6.45) is 0.814. The van der Waals surface area contributed by atoms with Crippen molar-refractivity contribution in [3.8, 4) is 0 Å². The maximum absolute atomic E-state index is 12.7. The van der Waals surface area contributed by atoms with E-state index in [9.17, 15) is 9.18 Å². The Kier molecular flexibility index (Phi) is 3.59. The molecule has 0 aliphatic rings. The van der Waals surface area contributed by atoms with Crippen LogP contribution in [0.1, 0.15) is 12.0 Å².